The quantitative estimate of drug-likeness (QED) is 0.299. The fourth-order valence-electron chi connectivity index (χ4n) is 6.77. The van der Waals surface area contributed by atoms with Crippen LogP contribution in [0.4, 0.5) is 0 Å². The van der Waals surface area contributed by atoms with E-state index in [4.69, 9.17) is 9.47 Å². The summed E-state index contributed by atoms with van der Waals surface area (Å²) in [5.74, 6) is -0.869. The summed E-state index contributed by atoms with van der Waals surface area (Å²) < 4.78 is 10.9. The van der Waals surface area contributed by atoms with Crippen molar-refractivity contribution in [2.45, 2.75) is 89.8 Å². The molecule has 0 amide bonds. The zero-order valence-electron chi connectivity index (χ0n) is 20.4. The highest BCUT2D eigenvalue weighted by molar-refractivity contribution is 6.02. The van der Waals surface area contributed by atoms with E-state index >= 15 is 0 Å². The SMILES string of the molecule is C=C1CC[C@H]2C(C)(C)C(=O)CC[C@]2(C)[C@H]1C[C@]12O[C@H]1[C@H](O)C(COC(=O)[C@H](O)[C@H](C)O)=CC2=O. The lowest BCUT2D eigenvalue weighted by Gasteiger charge is -2.57. The number of rotatable bonds is 6. The van der Waals surface area contributed by atoms with Crippen LogP contribution >= 0.6 is 0 Å². The Balaban J connectivity index is 1.52. The molecule has 0 aromatic heterocycles. The molecule has 3 N–H and O–H groups in total. The molecule has 1 heterocycles. The molecule has 188 valence electrons. The summed E-state index contributed by atoms with van der Waals surface area (Å²) in [4.78, 5) is 37.7. The summed E-state index contributed by atoms with van der Waals surface area (Å²) in [6.07, 6.45) is -0.263. The topological polar surface area (TPSA) is 134 Å². The van der Waals surface area contributed by atoms with Gasteiger partial charge in [0.05, 0.1) is 6.10 Å². The van der Waals surface area contributed by atoms with Crippen molar-refractivity contribution in [2.75, 3.05) is 6.61 Å². The first kappa shape index (κ1) is 25.2. The first-order valence-corrected chi connectivity index (χ1v) is 12.1. The number of epoxide rings is 1. The Bertz CT molecular complexity index is 948. The number of esters is 1. The molecule has 34 heavy (non-hydrogen) atoms. The van der Waals surface area contributed by atoms with Gasteiger partial charge in [0, 0.05) is 17.4 Å². The van der Waals surface area contributed by atoms with Crippen LogP contribution < -0.4 is 0 Å². The highest BCUT2D eigenvalue weighted by Gasteiger charge is 2.69. The van der Waals surface area contributed by atoms with E-state index < -0.39 is 41.4 Å². The summed E-state index contributed by atoms with van der Waals surface area (Å²) in [7, 11) is 0. The van der Waals surface area contributed by atoms with Gasteiger partial charge in [-0.1, -0.05) is 32.9 Å². The van der Waals surface area contributed by atoms with Crippen LogP contribution in [-0.2, 0) is 23.9 Å². The van der Waals surface area contributed by atoms with E-state index in [1.54, 1.807) is 0 Å². The molecule has 1 saturated heterocycles. The molecule has 0 aromatic carbocycles. The van der Waals surface area contributed by atoms with Gasteiger partial charge >= 0.3 is 5.97 Å². The van der Waals surface area contributed by atoms with Crippen molar-refractivity contribution < 1.29 is 39.2 Å². The zero-order chi connectivity index (χ0) is 25.2. The monoisotopic (exact) mass is 476 g/mol. The molecule has 0 radical (unpaired) electrons. The average molecular weight is 477 g/mol. The summed E-state index contributed by atoms with van der Waals surface area (Å²) >= 11 is 0. The van der Waals surface area contributed by atoms with Crippen molar-refractivity contribution in [1.29, 1.82) is 0 Å². The number of aliphatic hydroxyl groups is 3. The van der Waals surface area contributed by atoms with E-state index in [2.05, 4.69) is 13.5 Å². The number of aliphatic hydroxyl groups excluding tert-OH is 3. The number of hydrogen-bond acceptors (Lipinski definition) is 8. The van der Waals surface area contributed by atoms with Gasteiger partial charge in [-0.05, 0) is 55.9 Å². The molecular weight excluding hydrogens is 440 g/mol. The van der Waals surface area contributed by atoms with E-state index in [1.807, 2.05) is 13.8 Å². The number of carbonyl (C=O) groups excluding carboxylic acids is 3. The fraction of sp³-hybridized carbons (Fsp3) is 0.731. The maximum atomic E-state index is 13.2. The molecule has 0 bridgehead atoms. The molecule has 2 saturated carbocycles. The van der Waals surface area contributed by atoms with E-state index in [1.165, 1.54) is 13.0 Å². The van der Waals surface area contributed by atoms with Gasteiger partial charge in [-0.25, -0.2) is 4.79 Å². The number of ketones is 2. The second-order valence-corrected chi connectivity index (χ2v) is 11.4. The normalized spacial score (nSPS) is 40.6. The minimum Gasteiger partial charge on any atom is -0.459 e. The van der Waals surface area contributed by atoms with Crippen LogP contribution in [0, 0.1) is 22.7 Å². The standard InChI is InChI=1S/C26H36O8/c1-13-6-7-17-24(3,4)18(28)8-9-25(17,5)16(13)11-26-19(29)10-15(21(31)22(26)34-26)12-33-23(32)20(30)14(2)27/h10,14,16-17,20-22,27,30-31H,1,6-9,11-12H2,2-5H3/t14-,16-,17-,20+,21+,22-,25+,26+/m0/s1. The lowest BCUT2D eigenvalue weighted by atomic mass is 9.46. The summed E-state index contributed by atoms with van der Waals surface area (Å²) in [6, 6.07) is 0. The van der Waals surface area contributed by atoms with Crippen LogP contribution in [0.2, 0.25) is 0 Å². The van der Waals surface area contributed by atoms with Crippen molar-refractivity contribution in [2.24, 2.45) is 22.7 Å². The minimum atomic E-state index is -1.70. The Morgan fingerprint density at radius 3 is 2.59 bits per heavy atom. The lowest BCUT2D eigenvalue weighted by molar-refractivity contribution is -0.158. The number of Topliss-reactive ketones (excluding diaryl/α,β-unsaturated/α-hetero) is 1. The first-order valence-electron chi connectivity index (χ1n) is 12.1. The molecule has 8 nitrogen and oxygen atoms in total. The van der Waals surface area contributed by atoms with Crippen LogP contribution in [0.5, 0.6) is 0 Å². The first-order chi connectivity index (χ1) is 15.8. The highest BCUT2D eigenvalue weighted by atomic mass is 16.6. The van der Waals surface area contributed by atoms with Crippen molar-refractivity contribution >= 4 is 17.5 Å². The average Bonchev–Trinajstić information content (AvgIpc) is 3.51. The Hall–Kier alpha value is -1.87. The Kier molecular flexibility index (Phi) is 6.21. The van der Waals surface area contributed by atoms with Gasteiger partial charge in [0.2, 0.25) is 0 Å². The lowest BCUT2D eigenvalue weighted by Crippen LogP contribution is -2.54. The largest absolute Gasteiger partial charge is 0.459 e. The molecule has 0 unspecified atom stereocenters. The van der Waals surface area contributed by atoms with Gasteiger partial charge in [0.1, 0.15) is 24.6 Å². The Morgan fingerprint density at radius 2 is 1.94 bits per heavy atom. The third kappa shape index (κ3) is 3.79. The molecule has 8 heteroatoms. The number of fused-ring (bicyclic) bond motifs is 2. The predicted octanol–water partition coefficient (Wildman–Crippen LogP) is 1.65. The molecule has 4 rings (SSSR count). The number of ether oxygens (including phenoxy) is 2. The molecule has 1 aliphatic heterocycles. The fourth-order valence-corrected chi connectivity index (χ4v) is 6.77. The second kappa shape index (κ2) is 8.36. The van der Waals surface area contributed by atoms with Gasteiger partial charge in [-0.2, -0.15) is 0 Å². The molecule has 4 aliphatic rings. The van der Waals surface area contributed by atoms with Crippen LogP contribution in [-0.4, -0.2) is 69.5 Å². The van der Waals surface area contributed by atoms with Crippen LogP contribution in [0.15, 0.2) is 23.8 Å². The van der Waals surface area contributed by atoms with Gasteiger partial charge < -0.3 is 24.8 Å². The third-order valence-electron chi connectivity index (χ3n) is 9.05. The van der Waals surface area contributed by atoms with Crippen molar-refractivity contribution in [1.82, 2.24) is 0 Å². The molecule has 0 spiro atoms. The smallest absolute Gasteiger partial charge is 0.338 e. The Morgan fingerprint density at radius 1 is 1.26 bits per heavy atom. The van der Waals surface area contributed by atoms with E-state index in [-0.39, 0.29) is 41.0 Å². The summed E-state index contributed by atoms with van der Waals surface area (Å²) in [5.41, 5.74) is -0.511. The van der Waals surface area contributed by atoms with Crippen LogP contribution in [0.3, 0.4) is 0 Å². The highest BCUT2D eigenvalue weighted by Crippen LogP contribution is 2.63. The van der Waals surface area contributed by atoms with Crippen LogP contribution in [0.25, 0.3) is 0 Å². The van der Waals surface area contributed by atoms with E-state index in [0.29, 0.717) is 12.8 Å². The van der Waals surface area contributed by atoms with Crippen molar-refractivity contribution in [3.05, 3.63) is 23.8 Å². The molecule has 0 aromatic rings. The third-order valence-corrected chi connectivity index (χ3v) is 9.05. The summed E-state index contributed by atoms with van der Waals surface area (Å²) in [5, 5.41) is 29.7. The Labute approximate surface area is 200 Å². The van der Waals surface area contributed by atoms with Crippen LogP contribution in [0.1, 0.15) is 59.8 Å². The maximum Gasteiger partial charge on any atom is 0.338 e. The van der Waals surface area contributed by atoms with Gasteiger partial charge in [-0.3, -0.25) is 9.59 Å². The predicted molar refractivity (Wildman–Crippen MR) is 121 cm³/mol. The van der Waals surface area contributed by atoms with E-state index in [0.717, 1.165) is 24.8 Å². The van der Waals surface area contributed by atoms with Crippen molar-refractivity contribution in [3.8, 4) is 0 Å². The minimum absolute atomic E-state index is 0.0197. The summed E-state index contributed by atoms with van der Waals surface area (Å²) in [6.45, 7) is 11.4. The molecule has 8 atom stereocenters. The number of hydrogen-bond donors (Lipinski definition) is 3. The number of allylic oxidation sites excluding steroid dienone is 1. The van der Waals surface area contributed by atoms with Gasteiger partial charge in [0.15, 0.2) is 17.5 Å². The molecule has 3 aliphatic carbocycles. The van der Waals surface area contributed by atoms with Gasteiger partial charge in [0.25, 0.3) is 0 Å². The second-order valence-electron chi connectivity index (χ2n) is 11.4. The molecular formula is C26H36O8. The number of carbonyl (C=O) groups is 3. The van der Waals surface area contributed by atoms with E-state index in [9.17, 15) is 29.7 Å². The van der Waals surface area contributed by atoms with Crippen molar-refractivity contribution in [3.63, 3.8) is 0 Å². The molecule has 3 fully saturated rings. The maximum absolute atomic E-state index is 13.2. The van der Waals surface area contributed by atoms with Gasteiger partial charge in [-0.15, -0.1) is 0 Å². The zero-order valence-corrected chi connectivity index (χ0v) is 20.4.